The van der Waals surface area contributed by atoms with E-state index in [0.717, 1.165) is 12.1 Å². The van der Waals surface area contributed by atoms with Gasteiger partial charge in [0.2, 0.25) is 0 Å². The highest BCUT2D eigenvalue weighted by atomic mass is 32.1. The van der Waals surface area contributed by atoms with Crippen LogP contribution < -0.4 is 0 Å². The van der Waals surface area contributed by atoms with Crippen LogP contribution in [0.5, 0.6) is 5.75 Å². The SMILES string of the molecule is Oc1cnccc1-c1nc2cc(C(F)(F)F)ccc2s1. The van der Waals surface area contributed by atoms with Crippen molar-refractivity contribution in [3.8, 4) is 16.3 Å². The summed E-state index contributed by atoms with van der Waals surface area (Å²) >= 11 is 1.22. The molecule has 0 atom stereocenters. The summed E-state index contributed by atoms with van der Waals surface area (Å²) in [7, 11) is 0. The summed E-state index contributed by atoms with van der Waals surface area (Å²) in [5.74, 6) is -0.0531. The fraction of sp³-hybridized carbons (Fsp3) is 0.0769. The van der Waals surface area contributed by atoms with Gasteiger partial charge < -0.3 is 5.11 Å². The lowest BCUT2D eigenvalue weighted by molar-refractivity contribution is -0.137. The predicted octanol–water partition coefficient (Wildman–Crippen LogP) is 4.08. The zero-order valence-electron chi connectivity index (χ0n) is 9.85. The molecule has 7 heteroatoms. The molecule has 0 spiro atoms. The van der Waals surface area contributed by atoms with Gasteiger partial charge in [-0.2, -0.15) is 13.2 Å². The van der Waals surface area contributed by atoms with Crippen molar-refractivity contribution in [1.82, 2.24) is 9.97 Å². The minimum atomic E-state index is -4.39. The van der Waals surface area contributed by atoms with Crippen LogP contribution in [-0.4, -0.2) is 15.1 Å². The van der Waals surface area contributed by atoms with Gasteiger partial charge in [-0.3, -0.25) is 4.98 Å². The molecular weight excluding hydrogens is 289 g/mol. The highest BCUT2D eigenvalue weighted by molar-refractivity contribution is 7.21. The van der Waals surface area contributed by atoms with Crippen molar-refractivity contribution in [1.29, 1.82) is 0 Å². The van der Waals surface area contributed by atoms with E-state index in [-0.39, 0.29) is 11.3 Å². The van der Waals surface area contributed by atoms with Gasteiger partial charge >= 0.3 is 6.18 Å². The summed E-state index contributed by atoms with van der Waals surface area (Å²) in [6.45, 7) is 0. The minimum absolute atomic E-state index is 0.0531. The third kappa shape index (κ3) is 2.20. The second-order valence-corrected chi connectivity index (χ2v) is 5.12. The van der Waals surface area contributed by atoms with Gasteiger partial charge in [0.15, 0.2) is 0 Å². The molecule has 0 bridgehead atoms. The Morgan fingerprint density at radius 2 is 1.95 bits per heavy atom. The van der Waals surface area contributed by atoms with E-state index >= 15 is 0 Å². The first-order valence-corrected chi connectivity index (χ1v) is 6.38. The molecule has 2 aromatic heterocycles. The second-order valence-electron chi connectivity index (χ2n) is 4.09. The summed E-state index contributed by atoms with van der Waals surface area (Å²) < 4.78 is 38.5. The number of benzene rings is 1. The molecule has 0 saturated carbocycles. The number of pyridine rings is 1. The van der Waals surface area contributed by atoms with Gasteiger partial charge in [-0.25, -0.2) is 4.98 Å². The maximum Gasteiger partial charge on any atom is 0.416 e. The molecular formula is C13H7F3N2OS. The number of aromatic hydroxyl groups is 1. The van der Waals surface area contributed by atoms with Crippen molar-refractivity contribution < 1.29 is 18.3 Å². The molecule has 1 N–H and O–H groups in total. The Balaban J connectivity index is 2.14. The van der Waals surface area contributed by atoms with E-state index in [1.54, 1.807) is 6.07 Å². The standard InChI is InChI=1S/C13H7F3N2OS/c14-13(15,16)7-1-2-11-9(5-7)18-12(20-11)8-3-4-17-6-10(8)19/h1-6,19H. The van der Waals surface area contributed by atoms with E-state index < -0.39 is 11.7 Å². The first-order valence-electron chi connectivity index (χ1n) is 5.56. The monoisotopic (exact) mass is 296 g/mol. The number of aromatic nitrogens is 2. The van der Waals surface area contributed by atoms with Gasteiger partial charge in [-0.15, -0.1) is 11.3 Å². The Labute approximate surface area is 115 Å². The van der Waals surface area contributed by atoms with Crippen LogP contribution in [0.2, 0.25) is 0 Å². The van der Waals surface area contributed by atoms with Gasteiger partial charge in [-0.05, 0) is 24.3 Å². The number of alkyl halides is 3. The van der Waals surface area contributed by atoms with Crippen molar-refractivity contribution in [3.63, 3.8) is 0 Å². The zero-order valence-corrected chi connectivity index (χ0v) is 10.7. The summed E-state index contributed by atoms with van der Waals surface area (Å²) in [5.41, 5.74) is -0.0217. The molecule has 20 heavy (non-hydrogen) atoms. The van der Waals surface area contributed by atoms with E-state index in [4.69, 9.17) is 0 Å². The lowest BCUT2D eigenvalue weighted by Gasteiger charge is -2.04. The number of nitrogens with zero attached hydrogens (tertiary/aromatic N) is 2. The minimum Gasteiger partial charge on any atom is -0.506 e. The van der Waals surface area contributed by atoms with Gasteiger partial charge in [0, 0.05) is 6.20 Å². The first-order chi connectivity index (χ1) is 9.45. The average molecular weight is 296 g/mol. The van der Waals surface area contributed by atoms with Crippen LogP contribution in [0.25, 0.3) is 20.8 Å². The molecule has 0 aliphatic rings. The summed E-state index contributed by atoms with van der Waals surface area (Å²) in [5, 5.41) is 10.2. The first kappa shape index (κ1) is 12.9. The topological polar surface area (TPSA) is 46.0 Å². The Kier molecular flexibility index (Phi) is 2.86. The van der Waals surface area contributed by atoms with Crippen LogP contribution in [0.1, 0.15) is 5.56 Å². The lowest BCUT2D eigenvalue weighted by atomic mass is 10.2. The van der Waals surface area contributed by atoms with Crippen LogP contribution in [0.15, 0.2) is 36.7 Å². The summed E-state index contributed by atoms with van der Waals surface area (Å²) in [6, 6.07) is 4.99. The van der Waals surface area contributed by atoms with E-state index in [1.807, 2.05) is 0 Å². The number of thiazole rings is 1. The molecule has 3 nitrogen and oxygen atoms in total. The Bertz CT molecular complexity index is 783. The van der Waals surface area contributed by atoms with Gasteiger partial charge in [0.05, 0.1) is 27.5 Å². The third-order valence-electron chi connectivity index (χ3n) is 2.75. The average Bonchev–Trinajstić information content (AvgIpc) is 2.80. The fourth-order valence-electron chi connectivity index (χ4n) is 1.79. The molecule has 0 aliphatic carbocycles. The van der Waals surface area contributed by atoms with Crippen molar-refractivity contribution in [3.05, 3.63) is 42.2 Å². The maximum absolute atomic E-state index is 12.6. The summed E-state index contributed by atoms with van der Waals surface area (Å²) in [6.07, 6.45) is -1.64. The Morgan fingerprint density at radius 3 is 2.65 bits per heavy atom. The van der Waals surface area contributed by atoms with E-state index in [0.29, 0.717) is 15.3 Å². The lowest BCUT2D eigenvalue weighted by Crippen LogP contribution is -2.03. The molecule has 0 radical (unpaired) electrons. The second kappa shape index (κ2) is 4.45. The number of halogens is 3. The summed E-state index contributed by atoms with van der Waals surface area (Å²) in [4.78, 5) is 7.90. The van der Waals surface area contributed by atoms with Crippen LogP contribution in [0, 0.1) is 0 Å². The predicted molar refractivity (Wildman–Crippen MR) is 69.5 cm³/mol. The van der Waals surface area contributed by atoms with Gasteiger partial charge in [0.1, 0.15) is 10.8 Å². The van der Waals surface area contributed by atoms with Crippen LogP contribution in [0.4, 0.5) is 13.2 Å². The number of fused-ring (bicyclic) bond motifs is 1. The molecule has 102 valence electrons. The smallest absolute Gasteiger partial charge is 0.416 e. The van der Waals surface area contributed by atoms with E-state index in [2.05, 4.69) is 9.97 Å². The van der Waals surface area contributed by atoms with Gasteiger partial charge in [-0.1, -0.05) is 0 Å². The normalized spacial score (nSPS) is 11.9. The number of hydrogen-bond acceptors (Lipinski definition) is 4. The molecule has 3 rings (SSSR count). The van der Waals surface area contributed by atoms with E-state index in [9.17, 15) is 18.3 Å². The van der Waals surface area contributed by atoms with Crippen molar-refractivity contribution >= 4 is 21.6 Å². The van der Waals surface area contributed by atoms with Crippen LogP contribution in [0.3, 0.4) is 0 Å². The van der Waals surface area contributed by atoms with Crippen LogP contribution >= 0.6 is 11.3 Å². The van der Waals surface area contributed by atoms with Crippen molar-refractivity contribution in [2.75, 3.05) is 0 Å². The van der Waals surface area contributed by atoms with E-state index in [1.165, 1.54) is 29.8 Å². The highest BCUT2D eigenvalue weighted by Crippen LogP contribution is 2.37. The molecule has 0 saturated heterocycles. The Hall–Kier alpha value is -2.15. The Morgan fingerprint density at radius 1 is 1.15 bits per heavy atom. The number of rotatable bonds is 1. The van der Waals surface area contributed by atoms with Gasteiger partial charge in [0.25, 0.3) is 0 Å². The number of hydrogen-bond donors (Lipinski definition) is 1. The molecule has 2 heterocycles. The highest BCUT2D eigenvalue weighted by Gasteiger charge is 2.30. The fourth-order valence-corrected chi connectivity index (χ4v) is 2.77. The quantitative estimate of drug-likeness (QED) is 0.736. The largest absolute Gasteiger partial charge is 0.506 e. The van der Waals surface area contributed by atoms with Crippen molar-refractivity contribution in [2.45, 2.75) is 6.18 Å². The maximum atomic E-state index is 12.6. The molecule has 0 aliphatic heterocycles. The van der Waals surface area contributed by atoms with Crippen molar-refractivity contribution in [2.24, 2.45) is 0 Å². The molecule has 0 unspecified atom stereocenters. The third-order valence-corrected chi connectivity index (χ3v) is 3.82. The molecule has 0 fully saturated rings. The van der Waals surface area contributed by atoms with Crippen LogP contribution in [-0.2, 0) is 6.18 Å². The zero-order chi connectivity index (χ0) is 14.3. The molecule has 1 aromatic carbocycles. The molecule has 3 aromatic rings. The molecule has 0 amide bonds.